The van der Waals surface area contributed by atoms with Gasteiger partial charge in [-0.2, -0.15) is 0 Å². The maximum Gasteiger partial charge on any atom is 1.00 e. The predicted molar refractivity (Wildman–Crippen MR) is 90.6 cm³/mol. The van der Waals surface area contributed by atoms with Crippen LogP contribution in [-0.2, 0) is 11.2 Å². The summed E-state index contributed by atoms with van der Waals surface area (Å²) in [5.74, 6) is 0.307. The molecule has 25 heavy (non-hydrogen) atoms. The normalized spacial score (nSPS) is 7.96. The van der Waals surface area contributed by atoms with Gasteiger partial charge in [-0.1, -0.05) is 24.3 Å². The maximum atomic E-state index is 9.39. The van der Waals surface area contributed by atoms with Gasteiger partial charge in [0.25, 0.3) is 0 Å². The van der Waals surface area contributed by atoms with Crippen molar-refractivity contribution in [3.05, 3.63) is 42.0 Å². The number of nitrogens with two attached hydrogens (primary N) is 1. The summed E-state index contributed by atoms with van der Waals surface area (Å²) in [5.41, 5.74) is 6.72. The predicted octanol–water partition coefficient (Wildman–Crippen LogP) is -5.04. The molecule has 2 aromatic carbocycles. The first-order valence-electron chi connectivity index (χ1n) is 6.22. The molecule has 0 bridgehead atoms. The zero-order chi connectivity index (χ0) is 17.1. The van der Waals surface area contributed by atoms with Crippen LogP contribution in [0.25, 0.3) is 10.8 Å². The molecule has 0 radical (unpaired) electrons. The second kappa shape index (κ2) is 18.9. The summed E-state index contributed by atoms with van der Waals surface area (Å²) in [6, 6.07) is 11.5. The van der Waals surface area contributed by atoms with Gasteiger partial charge in [0.1, 0.15) is 5.75 Å². The second-order valence-corrected chi connectivity index (χ2v) is 4.61. The molecular weight excluding hydrogens is 436 g/mol. The SMILES string of the molecule is Br.CC(=O)Cl.NCCc1cccc2ccc(O)cc12.O=C([O-])[O-].[Na+].[Na+]. The topological polar surface area (TPSA) is 127 Å². The fraction of sp³-hybridized carbons (Fsp3) is 0.200. The number of carboxylic acid groups (broad SMARTS) is 2. The number of hydrogen-bond acceptors (Lipinski definition) is 6. The van der Waals surface area contributed by atoms with Crippen LogP contribution in [0.3, 0.4) is 0 Å². The Balaban J connectivity index is -0.000000173. The average molecular weight is 453 g/mol. The fourth-order valence-electron chi connectivity index (χ4n) is 1.70. The van der Waals surface area contributed by atoms with Crippen molar-refractivity contribution in [3.8, 4) is 5.75 Å². The van der Waals surface area contributed by atoms with Crippen LogP contribution >= 0.6 is 28.6 Å². The first kappa shape index (κ1) is 32.8. The number of phenols is 1. The van der Waals surface area contributed by atoms with Gasteiger partial charge < -0.3 is 25.8 Å². The number of carbonyl (C=O) groups excluding carboxylic acids is 2. The molecule has 0 atom stereocenters. The quantitative estimate of drug-likeness (QED) is 0.347. The number of aromatic hydroxyl groups is 1. The van der Waals surface area contributed by atoms with Crippen molar-refractivity contribution < 1.29 is 84.0 Å². The molecule has 0 saturated carbocycles. The number of phenolic OH excluding ortho intramolecular Hbond substituents is 1. The molecule has 2 rings (SSSR count). The Hall–Kier alpha value is 0.170. The Bertz CT molecular complexity index is 626. The van der Waals surface area contributed by atoms with Gasteiger partial charge in [0.15, 0.2) is 0 Å². The molecule has 6 nitrogen and oxygen atoms in total. The third kappa shape index (κ3) is 17.3. The minimum absolute atomic E-state index is 0. The number of rotatable bonds is 2. The molecule has 0 amide bonds. The van der Waals surface area contributed by atoms with E-state index >= 15 is 0 Å². The van der Waals surface area contributed by atoms with Crippen molar-refractivity contribution in [2.75, 3.05) is 6.54 Å². The molecule has 3 N–H and O–H groups in total. The first-order chi connectivity index (χ1) is 10.3. The fourth-order valence-corrected chi connectivity index (χ4v) is 1.70. The number of carbonyl (C=O) groups is 2. The maximum absolute atomic E-state index is 9.39. The van der Waals surface area contributed by atoms with Gasteiger partial charge in [-0.05, 0) is 59.2 Å². The summed E-state index contributed by atoms with van der Waals surface area (Å²) in [6.07, 6.45) is -1.49. The van der Waals surface area contributed by atoms with E-state index in [4.69, 9.17) is 20.7 Å². The molecule has 0 aliphatic rings. The molecule has 0 aromatic heterocycles. The Labute approximate surface area is 206 Å². The zero-order valence-corrected chi connectivity index (χ0v) is 20.8. The van der Waals surface area contributed by atoms with Crippen molar-refractivity contribution in [1.82, 2.24) is 0 Å². The van der Waals surface area contributed by atoms with E-state index < -0.39 is 6.16 Å². The molecule has 2 aromatic rings. The van der Waals surface area contributed by atoms with Crippen LogP contribution in [0.15, 0.2) is 36.4 Å². The van der Waals surface area contributed by atoms with E-state index in [1.54, 1.807) is 12.1 Å². The molecule has 0 saturated heterocycles. The van der Waals surface area contributed by atoms with Crippen molar-refractivity contribution in [3.63, 3.8) is 0 Å². The Morgan fingerprint density at radius 2 is 1.64 bits per heavy atom. The monoisotopic (exact) mass is 451 g/mol. The van der Waals surface area contributed by atoms with E-state index in [1.165, 1.54) is 12.5 Å². The van der Waals surface area contributed by atoms with Crippen molar-refractivity contribution >= 4 is 50.8 Å². The summed E-state index contributed by atoms with van der Waals surface area (Å²) in [7, 11) is 0. The molecule has 0 heterocycles. The number of halogens is 2. The number of benzene rings is 2. The van der Waals surface area contributed by atoms with Crippen LogP contribution in [-0.4, -0.2) is 23.0 Å². The molecule has 10 heteroatoms. The standard InChI is InChI=1S/C12H13NO.C2H3ClO.CH2O3.BrH.2Na/c13-7-6-10-3-1-2-9-4-5-11(14)8-12(9)10;1-2(3)4;2-1(3)4;;;/h1-5,8,14H,6-7,13H2;1H3;(H2,2,3,4);1H;;/q;;;;2*+1/p-2. The summed E-state index contributed by atoms with van der Waals surface area (Å²) in [4.78, 5) is 17.5. The Morgan fingerprint density at radius 3 is 2.08 bits per heavy atom. The summed E-state index contributed by atoms with van der Waals surface area (Å²) < 4.78 is 0. The second-order valence-electron chi connectivity index (χ2n) is 4.08. The van der Waals surface area contributed by atoms with Crippen LogP contribution in [0.2, 0.25) is 0 Å². The van der Waals surface area contributed by atoms with E-state index in [9.17, 15) is 9.90 Å². The number of hydrogen-bond donors (Lipinski definition) is 2. The minimum Gasteiger partial charge on any atom is -0.652 e. The minimum atomic E-state index is -2.33. The molecule has 0 aliphatic carbocycles. The van der Waals surface area contributed by atoms with Gasteiger partial charge in [-0.25, -0.2) is 0 Å². The molecular formula is C15H17BrClNNa2O5. The van der Waals surface area contributed by atoms with Crippen LogP contribution in [0.1, 0.15) is 12.5 Å². The van der Waals surface area contributed by atoms with Crippen LogP contribution in [0, 0.1) is 0 Å². The van der Waals surface area contributed by atoms with Gasteiger partial charge in [-0.3, -0.25) is 4.79 Å². The van der Waals surface area contributed by atoms with E-state index in [0.717, 1.165) is 17.2 Å². The Kier molecular flexibility index (Phi) is 24.9. The third-order valence-electron chi connectivity index (χ3n) is 2.37. The largest absolute Gasteiger partial charge is 1.00 e. The molecule has 0 aliphatic heterocycles. The molecule has 128 valence electrons. The van der Waals surface area contributed by atoms with Crippen molar-refractivity contribution in [2.24, 2.45) is 5.73 Å². The van der Waals surface area contributed by atoms with Gasteiger partial charge in [0.05, 0.1) is 0 Å². The van der Waals surface area contributed by atoms with Gasteiger partial charge in [0, 0.05) is 6.92 Å². The van der Waals surface area contributed by atoms with Crippen LogP contribution in [0.4, 0.5) is 4.79 Å². The van der Waals surface area contributed by atoms with E-state index in [-0.39, 0.29) is 81.3 Å². The van der Waals surface area contributed by atoms with Gasteiger partial charge in [0.2, 0.25) is 5.24 Å². The van der Waals surface area contributed by atoms with E-state index in [0.29, 0.717) is 12.3 Å². The molecule has 0 fully saturated rings. The van der Waals surface area contributed by atoms with Crippen LogP contribution < -0.4 is 75.1 Å². The van der Waals surface area contributed by atoms with E-state index in [2.05, 4.69) is 17.7 Å². The Morgan fingerprint density at radius 1 is 1.16 bits per heavy atom. The molecule has 0 unspecified atom stereocenters. The van der Waals surface area contributed by atoms with Gasteiger partial charge >= 0.3 is 59.1 Å². The molecule has 0 spiro atoms. The smallest absolute Gasteiger partial charge is 0.652 e. The first-order valence-corrected chi connectivity index (χ1v) is 6.60. The van der Waals surface area contributed by atoms with Crippen molar-refractivity contribution in [1.29, 1.82) is 0 Å². The third-order valence-corrected chi connectivity index (χ3v) is 2.37. The van der Waals surface area contributed by atoms with Crippen molar-refractivity contribution in [2.45, 2.75) is 13.3 Å². The number of fused-ring (bicyclic) bond motifs is 1. The average Bonchev–Trinajstić information content (AvgIpc) is 2.38. The zero-order valence-electron chi connectivity index (χ0n) is 14.3. The van der Waals surface area contributed by atoms with Crippen LogP contribution in [0.5, 0.6) is 5.75 Å². The van der Waals surface area contributed by atoms with Gasteiger partial charge in [-0.15, -0.1) is 17.0 Å². The summed E-state index contributed by atoms with van der Waals surface area (Å²) in [6.45, 7) is 1.93. The van der Waals surface area contributed by atoms with E-state index in [1.807, 2.05) is 18.2 Å². The summed E-state index contributed by atoms with van der Waals surface area (Å²) >= 11 is 4.64. The summed E-state index contributed by atoms with van der Waals surface area (Å²) in [5, 5.41) is 27.9.